The molecule has 5 N–H and O–H groups in total. The molecule has 0 heterocycles. The molecule has 304 valence electrons. The topological polar surface area (TPSA) is 131 Å². The van der Waals surface area contributed by atoms with Crippen LogP contribution in [0.2, 0.25) is 0 Å². The zero-order valence-corrected chi connectivity index (χ0v) is 34.4. The van der Waals surface area contributed by atoms with E-state index in [9.17, 15) is 19.4 Å². The molecule has 0 aliphatic carbocycles. The fourth-order valence-corrected chi connectivity index (χ4v) is 6.77. The van der Waals surface area contributed by atoms with Gasteiger partial charge in [0.2, 0.25) is 5.91 Å². The Morgan fingerprint density at radius 3 is 1.63 bits per heavy atom. The Kier molecular flexibility index (Phi) is 38.0. The number of amides is 1. The standard InChI is InChI=1S/C43H81N2O6P/c1-3-5-7-9-11-13-15-17-19-21-23-25-27-29-31-33-35-37-43(47)45-41(40-51-52(48,49)50-39-38-44)42(46)36-34-32-30-28-26-24-22-20-18-16-14-12-10-8-6-4-2/h5,7,11,13,17,19,23,25,41-42,46H,3-4,6,8-10,12,14-16,18,20-22,24,26-40,44H2,1-2H3,(H,45,47)(H,48,49)/b7-5-,13-11-,19-17-,25-23-. The SMILES string of the molecule is CC/C=C\C/C=C\C/C=C\C/C=C\CCCCCCC(=O)NC(COP(=O)(O)OCCN)C(O)CCCCCCCCCCCCCCCCCC. The summed E-state index contributed by atoms with van der Waals surface area (Å²) >= 11 is 0. The molecular formula is C43H81N2O6P. The van der Waals surface area contributed by atoms with Crippen molar-refractivity contribution in [3.05, 3.63) is 48.6 Å². The van der Waals surface area contributed by atoms with E-state index in [1.165, 1.54) is 83.5 Å². The maximum absolute atomic E-state index is 12.8. The molecule has 0 fully saturated rings. The highest BCUT2D eigenvalue weighted by Crippen LogP contribution is 2.43. The van der Waals surface area contributed by atoms with E-state index in [2.05, 4.69) is 67.8 Å². The fourth-order valence-electron chi connectivity index (χ4n) is 6.01. The molecule has 0 aliphatic rings. The lowest BCUT2D eigenvalue weighted by atomic mass is 10.0. The minimum Gasteiger partial charge on any atom is -0.391 e. The lowest BCUT2D eigenvalue weighted by molar-refractivity contribution is -0.123. The predicted octanol–water partition coefficient (Wildman–Crippen LogP) is 11.7. The molecule has 0 aromatic carbocycles. The van der Waals surface area contributed by atoms with Crippen LogP contribution in [-0.4, -0.2) is 47.8 Å². The third-order valence-corrected chi connectivity index (χ3v) is 10.2. The lowest BCUT2D eigenvalue weighted by Gasteiger charge is -2.25. The van der Waals surface area contributed by atoms with Gasteiger partial charge in [-0.05, 0) is 51.4 Å². The van der Waals surface area contributed by atoms with Crippen molar-refractivity contribution in [1.82, 2.24) is 5.32 Å². The van der Waals surface area contributed by atoms with Crippen LogP contribution >= 0.6 is 7.82 Å². The smallest absolute Gasteiger partial charge is 0.391 e. The number of hydrogen-bond donors (Lipinski definition) is 4. The molecule has 0 saturated carbocycles. The van der Waals surface area contributed by atoms with Crippen LogP contribution < -0.4 is 11.1 Å². The predicted molar refractivity (Wildman–Crippen MR) is 221 cm³/mol. The molecule has 8 nitrogen and oxygen atoms in total. The number of nitrogens with two attached hydrogens (primary N) is 1. The van der Waals surface area contributed by atoms with Gasteiger partial charge in [0.15, 0.2) is 0 Å². The van der Waals surface area contributed by atoms with E-state index in [1.807, 2.05) is 0 Å². The number of phosphoric ester groups is 1. The van der Waals surface area contributed by atoms with Gasteiger partial charge < -0.3 is 21.1 Å². The van der Waals surface area contributed by atoms with Gasteiger partial charge in [-0.3, -0.25) is 13.8 Å². The Labute approximate surface area is 320 Å². The third kappa shape index (κ3) is 36.8. The highest BCUT2D eigenvalue weighted by Gasteiger charge is 2.27. The Morgan fingerprint density at radius 1 is 0.654 bits per heavy atom. The lowest BCUT2D eigenvalue weighted by Crippen LogP contribution is -2.46. The second-order valence-corrected chi connectivity index (χ2v) is 15.6. The van der Waals surface area contributed by atoms with Gasteiger partial charge in [0, 0.05) is 13.0 Å². The number of carbonyl (C=O) groups is 1. The minimum atomic E-state index is -4.32. The van der Waals surface area contributed by atoms with Gasteiger partial charge in [0.05, 0.1) is 25.4 Å². The molecule has 0 radical (unpaired) electrons. The van der Waals surface area contributed by atoms with Crippen LogP contribution in [0.4, 0.5) is 0 Å². The number of nitrogens with one attached hydrogen (secondary N) is 1. The number of unbranched alkanes of at least 4 members (excludes halogenated alkanes) is 19. The van der Waals surface area contributed by atoms with Crippen LogP contribution in [0.15, 0.2) is 48.6 Å². The van der Waals surface area contributed by atoms with Gasteiger partial charge >= 0.3 is 7.82 Å². The van der Waals surface area contributed by atoms with Crippen LogP contribution in [0.1, 0.15) is 187 Å². The van der Waals surface area contributed by atoms with Crippen molar-refractivity contribution >= 4 is 13.7 Å². The molecule has 9 heteroatoms. The minimum absolute atomic E-state index is 0.0827. The third-order valence-electron chi connectivity index (χ3n) is 9.20. The van der Waals surface area contributed by atoms with E-state index in [1.54, 1.807) is 0 Å². The van der Waals surface area contributed by atoms with Crippen molar-refractivity contribution in [2.45, 2.75) is 199 Å². The van der Waals surface area contributed by atoms with Gasteiger partial charge in [-0.1, -0.05) is 178 Å². The van der Waals surface area contributed by atoms with E-state index in [-0.39, 0.29) is 25.7 Å². The van der Waals surface area contributed by atoms with Crippen LogP contribution in [0.3, 0.4) is 0 Å². The molecule has 0 aromatic rings. The van der Waals surface area contributed by atoms with Crippen molar-refractivity contribution < 1.29 is 28.4 Å². The Morgan fingerprint density at radius 2 is 1.12 bits per heavy atom. The molecule has 52 heavy (non-hydrogen) atoms. The van der Waals surface area contributed by atoms with Crippen LogP contribution in [0.25, 0.3) is 0 Å². The normalized spacial score (nSPS) is 14.6. The molecule has 0 rings (SSSR count). The first-order valence-electron chi connectivity index (χ1n) is 21.3. The molecule has 0 bridgehead atoms. The van der Waals surface area contributed by atoms with E-state index < -0.39 is 20.0 Å². The second kappa shape index (κ2) is 39.2. The monoisotopic (exact) mass is 753 g/mol. The number of rotatable bonds is 39. The summed E-state index contributed by atoms with van der Waals surface area (Å²) in [5.74, 6) is -0.186. The molecule has 3 atom stereocenters. The average Bonchev–Trinajstić information content (AvgIpc) is 3.13. The number of hydrogen-bond acceptors (Lipinski definition) is 6. The summed E-state index contributed by atoms with van der Waals surface area (Å²) in [5, 5.41) is 13.8. The van der Waals surface area contributed by atoms with E-state index in [0.717, 1.165) is 77.0 Å². The molecule has 3 unspecified atom stereocenters. The summed E-state index contributed by atoms with van der Waals surface area (Å²) in [6, 6.07) is -0.788. The van der Waals surface area contributed by atoms with Gasteiger partial charge in [-0.2, -0.15) is 0 Å². The largest absolute Gasteiger partial charge is 0.472 e. The summed E-state index contributed by atoms with van der Waals surface area (Å²) in [6.07, 6.45) is 46.8. The van der Waals surface area contributed by atoms with Gasteiger partial charge in [0.25, 0.3) is 0 Å². The van der Waals surface area contributed by atoms with Crippen molar-refractivity contribution in [1.29, 1.82) is 0 Å². The molecule has 0 aliphatic heterocycles. The molecule has 0 saturated heterocycles. The second-order valence-electron chi connectivity index (χ2n) is 14.2. The number of allylic oxidation sites excluding steroid dienone is 8. The molecular weight excluding hydrogens is 671 g/mol. The maximum atomic E-state index is 12.8. The quantitative estimate of drug-likeness (QED) is 0.0279. The van der Waals surface area contributed by atoms with E-state index in [0.29, 0.717) is 12.8 Å². The van der Waals surface area contributed by atoms with E-state index in [4.69, 9.17) is 14.8 Å². The fraction of sp³-hybridized carbons (Fsp3) is 0.791. The highest BCUT2D eigenvalue weighted by molar-refractivity contribution is 7.47. The summed E-state index contributed by atoms with van der Waals surface area (Å²) in [6.45, 7) is 4.07. The van der Waals surface area contributed by atoms with Crippen LogP contribution in [0, 0.1) is 0 Å². The number of aliphatic hydroxyl groups excluding tert-OH is 1. The number of carbonyl (C=O) groups excluding carboxylic acids is 1. The van der Waals surface area contributed by atoms with Gasteiger partial charge in [0.1, 0.15) is 0 Å². The Bertz CT molecular complexity index is 954. The average molecular weight is 753 g/mol. The molecule has 0 aromatic heterocycles. The van der Waals surface area contributed by atoms with Gasteiger partial charge in [-0.25, -0.2) is 4.57 Å². The highest BCUT2D eigenvalue weighted by atomic mass is 31.2. The van der Waals surface area contributed by atoms with Crippen LogP contribution in [-0.2, 0) is 18.4 Å². The number of aliphatic hydroxyl groups is 1. The number of phosphoric acid groups is 1. The van der Waals surface area contributed by atoms with Crippen molar-refractivity contribution in [3.63, 3.8) is 0 Å². The van der Waals surface area contributed by atoms with Crippen LogP contribution in [0.5, 0.6) is 0 Å². The van der Waals surface area contributed by atoms with Gasteiger partial charge in [-0.15, -0.1) is 0 Å². The van der Waals surface area contributed by atoms with Crippen molar-refractivity contribution in [2.75, 3.05) is 19.8 Å². The van der Waals surface area contributed by atoms with Crippen molar-refractivity contribution in [3.8, 4) is 0 Å². The Balaban J connectivity index is 4.24. The maximum Gasteiger partial charge on any atom is 0.472 e. The first kappa shape index (κ1) is 50.5. The molecule has 1 amide bonds. The first-order valence-corrected chi connectivity index (χ1v) is 22.7. The van der Waals surface area contributed by atoms with E-state index >= 15 is 0 Å². The first-order chi connectivity index (χ1) is 25.4. The molecule has 0 spiro atoms. The zero-order valence-electron chi connectivity index (χ0n) is 33.5. The summed E-state index contributed by atoms with van der Waals surface area (Å²) in [7, 11) is -4.32. The zero-order chi connectivity index (χ0) is 38.2. The van der Waals surface area contributed by atoms with Crippen molar-refractivity contribution in [2.24, 2.45) is 5.73 Å². The summed E-state index contributed by atoms with van der Waals surface area (Å²) in [4.78, 5) is 22.7. The Hall–Kier alpha value is -1.54. The summed E-state index contributed by atoms with van der Waals surface area (Å²) < 4.78 is 22.2. The summed E-state index contributed by atoms with van der Waals surface area (Å²) in [5.41, 5.74) is 5.37.